The molecular formula is C13H12BrNO3S. The second-order valence-electron chi connectivity index (χ2n) is 3.93. The van der Waals surface area contributed by atoms with Gasteiger partial charge in [0.15, 0.2) is 0 Å². The maximum atomic E-state index is 12.1. The summed E-state index contributed by atoms with van der Waals surface area (Å²) in [6, 6.07) is 12.5. The van der Waals surface area contributed by atoms with Crippen molar-refractivity contribution in [2.45, 2.75) is 10.2 Å². The third-order valence-corrected chi connectivity index (χ3v) is 4.55. The van der Waals surface area contributed by atoms with E-state index < -0.39 is 10.0 Å². The van der Waals surface area contributed by atoms with Gasteiger partial charge in [0.25, 0.3) is 10.0 Å². The summed E-state index contributed by atoms with van der Waals surface area (Å²) in [5.41, 5.74) is 1.41. The Morgan fingerprint density at radius 1 is 1.00 bits per heavy atom. The molecule has 0 fully saturated rings. The number of sulfonamides is 1. The average molecular weight is 342 g/mol. The fourth-order valence-electron chi connectivity index (χ4n) is 1.50. The van der Waals surface area contributed by atoms with Crippen molar-refractivity contribution in [1.29, 1.82) is 0 Å². The van der Waals surface area contributed by atoms with E-state index in [2.05, 4.69) is 20.7 Å². The Hall–Kier alpha value is -1.53. The summed E-state index contributed by atoms with van der Waals surface area (Å²) in [6.07, 6.45) is 0. The van der Waals surface area contributed by atoms with E-state index in [9.17, 15) is 8.42 Å². The molecule has 0 saturated heterocycles. The molecule has 0 saturated carbocycles. The second-order valence-corrected chi connectivity index (χ2v) is 6.17. The molecule has 6 heteroatoms. The van der Waals surface area contributed by atoms with Crippen LogP contribution in [-0.2, 0) is 15.4 Å². The van der Waals surface area contributed by atoms with Gasteiger partial charge in [0.1, 0.15) is 5.75 Å². The Morgan fingerprint density at radius 2 is 1.58 bits per heavy atom. The van der Waals surface area contributed by atoms with Crippen LogP contribution in [0, 0.1) is 0 Å². The lowest BCUT2D eigenvalue weighted by molar-refractivity contribution is 0.475. The molecule has 2 N–H and O–H groups in total. The van der Waals surface area contributed by atoms with Crippen LogP contribution in [0.25, 0.3) is 0 Å². The number of alkyl halides is 1. The normalized spacial score (nSPS) is 11.2. The van der Waals surface area contributed by atoms with E-state index in [0.717, 1.165) is 5.56 Å². The molecule has 0 aliphatic rings. The Morgan fingerprint density at radius 3 is 2.11 bits per heavy atom. The van der Waals surface area contributed by atoms with Crippen LogP contribution in [0.2, 0.25) is 0 Å². The fraction of sp³-hybridized carbons (Fsp3) is 0.0769. The van der Waals surface area contributed by atoms with Gasteiger partial charge in [-0.3, -0.25) is 4.72 Å². The van der Waals surface area contributed by atoms with E-state index in [4.69, 9.17) is 5.11 Å². The topological polar surface area (TPSA) is 66.4 Å². The molecule has 0 spiro atoms. The van der Waals surface area contributed by atoms with Crippen molar-refractivity contribution < 1.29 is 13.5 Å². The van der Waals surface area contributed by atoms with Gasteiger partial charge in [-0.1, -0.05) is 28.1 Å². The Kier molecular flexibility index (Phi) is 4.11. The molecule has 0 atom stereocenters. The van der Waals surface area contributed by atoms with Crippen LogP contribution >= 0.6 is 15.9 Å². The minimum absolute atomic E-state index is 0.0876. The Labute approximate surface area is 120 Å². The Balaban J connectivity index is 2.24. The molecule has 4 nitrogen and oxygen atoms in total. The van der Waals surface area contributed by atoms with Crippen molar-refractivity contribution in [3.63, 3.8) is 0 Å². The summed E-state index contributed by atoms with van der Waals surface area (Å²) in [6.45, 7) is 0. The number of aromatic hydroxyl groups is 1. The lowest BCUT2D eigenvalue weighted by atomic mass is 10.2. The first-order chi connectivity index (χ1) is 9.01. The SMILES string of the molecule is O=S(=O)(Nc1ccc(O)cc1)c1ccc(CBr)cc1. The van der Waals surface area contributed by atoms with E-state index in [1.54, 1.807) is 24.3 Å². The van der Waals surface area contributed by atoms with E-state index in [1.807, 2.05) is 0 Å². The highest BCUT2D eigenvalue weighted by Gasteiger charge is 2.13. The number of hydrogen-bond acceptors (Lipinski definition) is 3. The molecular weight excluding hydrogens is 330 g/mol. The van der Waals surface area contributed by atoms with E-state index >= 15 is 0 Å². The van der Waals surface area contributed by atoms with E-state index in [-0.39, 0.29) is 10.6 Å². The van der Waals surface area contributed by atoms with Crippen LogP contribution in [0.5, 0.6) is 5.75 Å². The lowest BCUT2D eigenvalue weighted by Crippen LogP contribution is -2.12. The molecule has 0 aromatic heterocycles. The van der Waals surface area contributed by atoms with Gasteiger partial charge in [-0.25, -0.2) is 8.42 Å². The van der Waals surface area contributed by atoms with Crippen LogP contribution in [0.15, 0.2) is 53.4 Å². The van der Waals surface area contributed by atoms with Crippen molar-refractivity contribution >= 4 is 31.6 Å². The molecule has 2 aromatic carbocycles. The summed E-state index contributed by atoms with van der Waals surface area (Å²) >= 11 is 3.30. The summed E-state index contributed by atoms with van der Waals surface area (Å²) in [5, 5.41) is 9.83. The highest BCUT2D eigenvalue weighted by atomic mass is 79.9. The highest BCUT2D eigenvalue weighted by molar-refractivity contribution is 9.08. The largest absolute Gasteiger partial charge is 0.508 e. The summed E-state index contributed by atoms with van der Waals surface area (Å²) in [5.74, 6) is 0.0876. The molecule has 0 aliphatic heterocycles. The fourth-order valence-corrected chi connectivity index (χ4v) is 2.93. The van der Waals surface area contributed by atoms with Gasteiger partial charge in [-0.2, -0.15) is 0 Å². The average Bonchev–Trinajstić information content (AvgIpc) is 2.41. The molecule has 2 rings (SSSR count). The number of hydrogen-bond donors (Lipinski definition) is 2. The first-order valence-corrected chi connectivity index (χ1v) is 8.08. The van der Waals surface area contributed by atoms with Gasteiger partial charge in [0.2, 0.25) is 0 Å². The number of nitrogens with one attached hydrogen (secondary N) is 1. The third-order valence-electron chi connectivity index (χ3n) is 2.51. The van der Waals surface area contributed by atoms with Crippen molar-refractivity contribution in [3.8, 4) is 5.75 Å². The number of anilines is 1. The maximum absolute atomic E-state index is 12.1. The zero-order valence-electron chi connectivity index (χ0n) is 9.88. The molecule has 0 amide bonds. The Bertz CT molecular complexity index is 651. The lowest BCUT2D eigenvalue weighted by Gasteiger charge is -2.08. The number of rotatable bonds is 4. The molecule has 0 bridgehead atoms. The summed E-state index contributed by atoms with van der Waals surface area (Å²) in [4.78, 5) is 0.199. The molecule has 0 heterocycles. The van der Waals surface area contributed by atoms with Crippen LogP contribution in [0.4, 0.5) is 5.69 Å². The first-order valence-electron chi connectivity index (χ1n) is 5.48. The van der Waals surface area contributed by atoms with Gasteiger partial charge in [0, 0.05) is 11.0 Å². The molecule has 0 aliphatic carbocycles. The monoisotopic (exact) mass is 341 g/mol. The van der Waals surface area contributed by atoms with Crippen LogP contribution < -0.4 is 4.72 Å². The third kappa shape index (κ3) is 3.48. The van der Waals surface area contributed by atoms with Crippen molar-refractivity contribution in [3.05, 3.63) is 54.1 Å². The minimum atomic E-state index is -3.60. The number of halogens is 1. The second kappa shape index (κ2) is 5.63. The highest BCUT2D eigenvalue weighted by Crippen LogP contribution is 2.19. The summed E-state index contributed by atoms with van der Waals surface area (Å²) in [7, 11) is -3.60. The van der Waals surface area contributed by atoms with Gasteiger partial charge < -0.3 is 5.11 Å². The molecule has 100 valence electrons. The molecule has 0 radical (unpaired) electrons. The van der Waals surface area contributed by atoms with Crippen molar-refractivity contribution in [2.24, 2.45) is 0 Å². The van der Waals surface area contributed by atoms with Gasteiger partial charge in [0.05, 0.1) is 4.90 Å². The van der Waals surface area contributed by atoms with Crippen LogP contribution in [0.3, 0.4) is 0 Å². The zero-order chi connectivity index (χ0) is 13.9. The van der Waals surface area contributed by atoms with Crippen molar-refractivity contribution in [2.75, 3.05) is 4.72 Å². The standard InChI is InChI=1S/C13H12BrNO3S/c14-9-10-1-7-13(8-2-10)19(17,18)15-11-3-5-12(16)6-4-11/h1-8,15-16H,9H2. The predicted octanol–water partition coefficient (Wildman–Crippen LogP) is 3.09. The van der Waals surface area contributed by atoms with Crippen molar-refractivity contribution in [1.82, 2.24) is 0 Å². The molecule has 19 heavy (non-hydrogen) atoms. The maximum Gasteiger partial charge on any atom is 0.261 e. The van der Waals surface area contributed by atoms with Gasteiger partial charge in [-0.15, -0.1) is 0 Å². The number of phenolic OH excluding ortho intramolecular Hbond substituents is 1. The summed E-state index contributed by atoms with van der Waals surface area (Å²) < 4.78 is 26.7. The van der Waals surface area contributed by atoms with Crippen LogP contribution in [-0.4, -0.2) is 13.5 Å². The number of phenols is 1. The van der Waals surface area contributed by atoms with Gasteiger partial charge >= 0.3 is 0 Å². The molecule has 0 unspecified atom stereocenters. The van der Waals surface area contributed by atoms with E-state index in [1.165, 1.54) is 24.3 Å². The smallest absolute Gasteiger partial charge is 0.261 e. The quantitative estimate of drug-likeness (QED) is 0.663. The van der Waals surface area contributed by atoms with Crippen LogP contribution in [0.1, 0.15) is 5.56 Å². The number of benzene rings is 2. The zero-order valence-corrected chi connectivity index (χ0v) is 12.3. The van der Waals surface area contributed by atoms with Gasteiger partial charge in [-0.05, 0) is 42.0 Å². The first kappa shape index (κ1) is 13.9. The van der Waals surface area contributed by atoms with E-state index in [0.29, 0.717) is 11.0 Å². The predicted molar refractivity (Wildman–Crippen MR) is 78.0 cm³/mol. The minimum Gasteiger partial charge on any atom is -0.508 e. The molecule has 2 aromatic rings.